The van der Waals surface area contributed by atoms with Gasteiger partial charge in [0.15, 0.2) is 0 Å². The first kappa shape index (κ1) is 11.2. The van der Waals surface area contributed by atoms with Gasteiger partial charge in [-0.2, -0.15) is 0 Å². The van der Waals surface area contributed by atoms with Crippen molar-refractivity contribution in [2.24, 2.45) is 5.92 Å². The summed E-state index contributed by atoms with van der Waals surface area (Å²) in [5, 5.41) is 9.04. The third-order valence-corrected chi connectivity index (χ3v) is 4.22. The van der Waals surface area contributed by atoms with Gasteiger partial charge in [-0.1, -0.05) is 6.07 Å². The number of carbonyl (C=O) groups is 1. The standard InChI is InChI=1S/C13H16N2O3/c1-18-11-4-8(2-3-10(11)14)13-5-9(13)6-15(7-13)12(16)17/h2-4,9H,5-7,14H2,1H3,(H,16,17)/t9-,13+/m1/s1. The molecular formula is C13H16N2O3. The number of fused-ring (bicyclic) bond motifs is 1. The van der Waals surface area contributed by atoms with Gasteiger partial charge in [-0.05, 0) is 30.0 Å². The van der Waals surface area contributed by atoms with Crippen molar-refractivity contribution in [2.75, 3.05) is 25.9 Å². The van der Waals surface area contributed by atoms with E-state index in [1.807, 2.05) is 18.2 Å². The monoisotopic (exact) mass is 248 g/mol. The molecule has 0 spiro atoms. The molecule has 1 aliphatic heterocycles. The van der Waals surface area contributed by atoms with Gasteiger partial charge in [0, 0.05) is 18.5 Å². The number of ether oxygens (including phenoxy) is 1. The summed E-state index contributed by atoms with van der Waals surface area (Å²) in [6.07, 6.45) is 0.230. The van der Waals surface area contributed by atoms with Gasteiger partial charge in [-0.25, -0.2) is 4.79 Å². The van der Waals surface area contributed by atoms with Crippen molar-refractivity contribution in [1.82, 2.24) is 4.90 Å². The Balaban J connectivity index is 1.91. The molecule has 2 fully saturated rings. The van der Waals surface area contributed by atoms with E-state index < -0.39 is 6.09 Å². The fourth-order valence-corrected chi connectivity index (χ4v) is 3.10. The Morgan fingerprint density at radius 1 is 1.61 bits per heavy atom. The van der Waals surface area contributed by atoms with Crippen LogP contribution in [0.1, 0.15) is 12.0 Å². The average molecular weight is 248 g/mol. The van der Waals surface area contributed by atoms with Crippen LogP contribution in [-0.4, -0.2) is 36.3 Å². The topological polar surface area (TPSA) is 75.8 Å². The SMILES string of the molecule is COc1cc([C@@]23C[C@@H]2CN(C(=O)O)C3)ccc1N. The second kappa shape index (κ2) is 3.54. The van der Waals surface area contributed by atoms with Gasteiger partial charge in [0.1, 0.15) is 5.75 Å². The van der Waals surface area contributed by atoms with Gasteiger partial charge in [0.05, 0.1) is 12.8 Å². The van der Waals surface area contributed by atoms with Crippen LogP contribution in [0.4, 0.5) is 10.5 Å². The van der Waals surface area contributed by atoms with Gasteiger partial charge in [0.25, 0.3) is 0 Å². The maximum Gasteiger partial charge on any atom is 0.407 e. The largest absolute Gasteiger partial charge is 0.495 e. The number of methoxy groups -OCH3 is 1. The number of likely N-dealkylation sites (tertiary alicyclic amines) is 1. The Morgan fingerprint density at radius 2 is 2.39 bits per heavy atom. The molecule has 1 aliphatic carbocycles. The molecule has 1 saturated carbocycles. The Kier molecular flexibility index (Phi) is 2.20. The number of rotatable bonds is 2. The lowest BCUT2D eigenvalue weighted by Gasteiger charge is -2.19. The second-order valence-corrected chi connectivity index (χ2v) is 5.18. The highest BCUT2D eigenvalue weighted by Gasteiger charge is 2.61. The summed E-state index contributed by atoms with van der Waals surface area (Å²) in [6.45, 7) is 1.22. The second-order valence-electron chi connectivity index (χ2n) is 5.18. The van der Waals surface area contributed by atoms with E-state index in [4.69, 9.17) is 15.6 Å². The van der Waals surface area contributed by atoms with Gasteiger partial charge in [-0.15, -0.1) is 0 Å². The van der Waals surface area contributed by atoms with Crippen LogP contribution in [0.2, 0.25) is 0 Å². The number of carboxylic acid groups (broad SMARTS) is 1. The van der Waals surface area contributed by atoms with Crippen LogP contribution in [0.3, 0.4) is 0 Å². The molecule has 3 rings (SSSR count). The van der Waals surface area contributed by atoms with E-state index >= 15 is 0 Å². The number of nitrogens with zero attached hydrogens (tertiary/aromatic N) is 1. The molecule has 18 heavy (non-hydrogen) atoms. The predicted molar refractivity (Wildman–Crippen MR) is 66.8 cm³/mol. The summed E-state index contributed by atoms with van der Waals surface area (Å²) in [7, 11) is 1.59. The number of benzene rings is 1. The summed E-state index contributed by atoms with van der Waals surface area (Å²) in [4.78, 5) is 12.5. The third-order valence-electron chi connectivity index (χ3n) is 4.22. The van der Waals surface area contributed by atoms with Crippen molar-refractivity contribution in [3.63, 3.8) is 0 Å². The van der Waals surface area contributed by atoms with E-state index in [1.165, 1.54) is 4.90 Å². The van der Waals surface area contributed by atoms with Crippen molar-refractivity contribution < 1.29 is 14.6 Å². The number of hydrogen-bond acceptors (Lipinski definition) is 3. The molecule has 1 saturated heterocycles. The number of piperidine rings is 1. The molecular weight excluding hydrogens is 232 g/mol. The van der Waals surface area contributed by atoms with Crippen LogP contribution >= 0.6 is 0 Å². The molecule has 1 amide bonds. The summed E-state index contributed by atoms with van der Waals surface area (Å²) < 4.78 is 5.23. The molecule has 0 unspecified atom stereocenters. The van der Waals surface area contributed by atoms with Gasteiger partial charge in [-0.3, -0.25) is 0 Å². The average Bonchev–Trinajstić information content (AvgIpc) is 2.92. The summed E-state index contributed by atoms with van der Waals surface area (Å²) in [6, 6.07) is 5.77. The minimum Gasteiger partial charge on any atom is -0.495 e. The molecule has 2 aliphatic rings. The molecule has 0 aromatic heterocycles. The lowest BCUT2D eigenvalue weighted by molar-refractivity contribution is 0.150. The molecule has 1 aromatic carbocycles. The number of nitrogens with two attached hydrogens (primary N) is 1. The molecule has 3 N–H and O–H groups in total. The molecule has 0 radical (unpaired) electrons. The lowest BCUT2D eigenvalue weighted by atomic mass is 9.94. The van der Waals surface area contributed by atoms with Crippen molar-refractivity contribution in [2.45, 2.75) is 11.8 Å². The van der Waals surface area contributed by atoms with Crippen molar-refractivity contribution >= 4 is 11.8 Å². The highest BCUT2D eigenvalue weighted by molar-refractivity contribution is 5.67. The fraction of sp³-hybridized carbons (Fsp3) is 0.462. The first-order valence-corrected chi connectivity index (χ1v) is 5.99. The van der Waals surface area contributed by atoms with Crippen LogP contribution in [0.15, 0.2) is 18.2 Å². The molecule has 2 atom stereocenters. The first-order chi connectivity index (χ1) is 8.56. The highest BCUT2D eigenvalue weighted by Crippen LogP contribution is 2.59. The van der Waals surface area contributed by atoms with E-state index in [2.05, 4.69) is 0 Å². The van der Waals surface area contributed by atoms with E-state index in [0.717, 1.165) is 12.0 Å². The van der Waals surface area contributed by atoms with Crippen LogP contribution in [0.25, 0.3) is 0 Å². The molecule has 0 bridgehead atoms. The minimum atomic E-state index is -0.830. The van der Waals surface area contributed by atoms with Crippen molar-refractivity contribution in [1.29, 1.82) is 0 Å². The Labute approximate surface area is 105 Å². The Hall–Kier alpha value is -1.91. The van der Waals surface area contributed by atoms with E-state index in [1.54, 1.807) is 7.11 Å². The Bertz CT molecular complexity index is 517. The number of anilines is 1. The van der Waals surface area contributed by atoms with Crippen LogP contribution < -0.4 is 10.5 Å². The summed E-state index contributed by atoms with van der Waals surface area (Å²) in [5.74, 6) is 1.11. The van der Waals surface area contributed by atoms with Gasteiger partial charge < -0.3 is 20.5 Å². The van der Waals surface area contributed by atoms with Crippen LogP contribution in [0.5, 0.6) is 5.75 Å². The maximum absolute atomic E-state index is 11.0. The first-order valence-electron chi connectivity index (χ1n) is 5.99. The van der Waals surface area contributed by atoms with E-state index in [-0.39, 0.29) is 5.41 Å². The smallest absolute Gasteiger partial charge is 0.407 e. The lowest BCUT2D eigenvalue weighted by Crippen LogP contribution is -2.31. The van der Waals surface area contributed by atoms with Crippen LogP contribution in [-0.2, 0) is 5.41 Å². The fourth-order valence-electron chi connectivity index (χ4n) is 3.10. The summed E-state index contributed by atoms with van der Waals surface area (Å²) >= 11 is 0. The molecule has 1 aromatic rings. The van der Waals surface area contributed by atoms with Crippen molar-refractivity contribution in [3.8, 4) is 5.75 Å². The molecule has 5 heteroatoms. The maximum atomic E-state index is 11.0. The molecule has 1 heterocycles. The third kappa shape index (κ3) is 1.43. The zero-order chi connectivity index (χ0) is 12.9. The zero-order valence-electron chi connectivity index (χ0n) is 10.2. The van der Waals surface area contributed by atoms with Gasteiger partial charge in [0.2, 0.25) is 0 Å². The highest BCUT2D eigenvalue weighted by atomic mass is 16.5. The number of nitrogen functional groups attached to an aromatic ring is 1. The van der Waals surface area contributed by atoms with Crippen molar-refractivity contribution in [3.05, 3.63) is 23.8 Å². The van der Waals surface area contributed by atoms with E-state index in [0.29, 0.717) is 30.4 Å². The van der Waals surface area contributed by atoms with Crippen LogP contribution in [0, 0.1) is 5.92 Å². The zero-order valence-corrected chi connectivity index (χ0v) is 10.2. The van der Waals surface area contributed by atoms with E-state index in [9.17, 15) is 4.79 Å². The predicted octanol–water partition coefficient (Wildman–Crippen LogP) is 1.53. The minimum absolute atomic E-state index is 0.000625. The normalized spacial score (nSPS) is 28.9. The quantitative estimate of drug-likeness (QED) is 0.778. The number of hydrogen-bond donors (Lipinski definition) is 2. The molecule has 96 valence electrons. The number of amides is 1. The Morgan fingerprint density at radius 3 is 3.00 bits per heavy atom. The molecule has 5 nitrogen and oxygen atoms in total. The summed E-state index contributed by atoms with van der Waals surface area (Å²) in [5.41, 5.74) is 7.56. The van der Waals surface area contributed by atoms with Gasteiger partial charge >= 0.3 is 6.09 Å².